The molecule has 4 nitrogen and oxygen atoms in total. The predicted molar refractivity (Wildman–Crippen MR) is 80.4 cm³/mol. The van der Waals surface area contributed by atoms with Gasteiger partial charge in [-0.15, -0.1) is 11.6 Å². The van der Waals surface area contributed by atoms with Crippen LogP contribution in [0.3, 0.4) is 0 Å². The molecular formula is C14H20ClNO3S. The molecule has 1 aliphatic rings. The van der Waals surface area contributed by atoms with Crippen LogP contribution in [0.5, 0.6) is 0 Å². The summed E-state index contributed by atoms with van der Waals surface area (Å²) in [6, 6.07) is 9.42. The standard InChI is InChI=1S/C14H20ClNO3S/c1-14(11-15,12-5-3-2-4-6-12)16-20(17,18)13-7-9-19-10-8-13/h2-6,13,16H,7-11H2,1H3. The molecule has 0 radical (unpaired) electrons. The number of halogens is 1. The van der Waals surface area contributed by atoms with Crippen LogP contribution in [0.15, 0.2) is 30.3 Å². The van der Waals surface area contributed by atoms with Crippen molar-refractivity contribution in [2.75, 3.05) is 19.1 Å². The van der Waals surface area contributed by atoms with E-state index in [1.165, 1.54) is 0 Å². The van der Waals surface area contributed by atoms with Gasteiger partial charge in [-0.1, -0.05) is 30.3 Å². The van der Waals surface area contributed by atoms with Crippen molar-refractivity contribution in [1.29, 1.82) is 0 Å². The van der Waals surface area contributed by atoms with Gasteiger partial charge in [0.1, 0.15) is 0 Å². The Kier molecular flexibility index (Phi) is 5.07. The second-order valence-electron chi connectivity index (χ2n) is 5.29. The summed E-state index contributed by atoms with van der Waals surface area (Å²) in [5.41, 5.74) is 0.0746. The maximum atomic E-state index is 12.5. The molecule has 0 amide bonds. The predicted octanol–water partition coefficient (Wildman–Crippen LogP) is 2.24. The summed E-state index contributed by atoms with van der Waals surface area (Å²) in [6.07, 6.45) is 1.06. The van der Waals surface area contributed by atoms with Crippen LogP contribution in [0.2, 0.25) is 0 Å². The Balaban J connectivity index is 2.20. The van der Waals surface area contributed by atoms with Crippen LogP contribution in [0.25, 0.3) is 0 Å². The Bertz CT molecular complexity index is 529. The van der Waals surface area contributed by atoms with Crippen LogP contribution < -0.4 is 4.72 Å². The van der Waals surface area contributed by atoms with Gasteiger partial charge in [-0.2, -0.15) is 0 Å². The number of nitrogens with one attached hydrogen (secondary N) is 1. The third-order valence-electron chi connectivity index (χ3n) is 3.65. The van der Waals surface area contributed by atoms with E-state index in [2.05, 4.69) is 4.72 Å². The molecule has 1 aliphatic heterocycles. The van der Waals surface area contributed by atoms with E-state index < -0.39 is 20.8 Å². The monoisotopic (exact) mass is 317 g/mol. The van der Waals surface area contributed by atoms with Gasteiger partial charge < -0.3 is 4.74 Å². The number of hydrogen-bond acceptors (Lipinski definition) is 3. The van der Waals surface area contributed by atoms with Crippen LogP contribution in [0, 0.1) is 0 Å². The first-order valence-electron chi connectivity index (χ1n) is 6.70. The van der Waals surface area contributed by atoms with Crippen molar-refractivity contribution in [3.05, 3.63) is 35.9 Å². The van der Waals surface area contributed by atoms with Crippen molar-refractivity contribution in [3.63, 3.8) is 0 Å². The highest BCUT2D eigenvalue weighted by Crippen LogP contribution is 2.26. The second-order valence-corrected chi connectivity index (χ2v) is 7.52. The van der Waals surface area contributed by atoms with Crippen LogP contribution in [-0.2, 0) is 20.3 Å². The van der Waals surface area contributed by atoms with Gasteiger partial charge >= 0.3 is 0 Å². The minimum Gasteiger partial charge on any atom is -0.381 e. The molecule has 1 heterocycles. The van der Waals surface area contributed by atoms with E-state index in [1.54, 1.807) is 0 Å². The zero-order chi connectivity index (χ0) is 14.6. The first-order chi connectivity index (χ1) is 9.48. The van der Waals surface area contributed by atoms with Crippen molar-refractivity contribution in [3.8, 4) is 0 Å². The number of ether oxygens (including phenoxy) is 1. The van der Waals surface area contributed by atoms with Gasteiger partial charge in [0.05, 0.1) is 10.8 Å². The summed E-state index contributed by atoms with van der Waals surface area (Å²) < 4.78 is 33.0. The lowest BCUT2D eigenvalue weighted by molar-refractivity contribution is 0.0979. The molecule has 1 unspecified atom stereocenters. The third-order valence-corrected chi connectivity index (χ3v) is 6.27. The molecule has 1 aromatic rings. The molecule has 0 saturated carbocycles. The molecular weight excluding hydrogens is 298 g/mol. The first-order valence-corrected chi connectivity index (χ1v) is 8.78. The quantitative estimate of drug-likeness (QED) is 0.847. The molecule has 0 aromatic heterocycles. The summed E-state index contributed by atoms with van der Waals surface area (Å²) in [7, 11) is -3.42. The van der Waals surface area contributed by atoms with Gasteiger partial charge in [-0.05, 0) is 25.3 Å². The smallest absolute Gasteiger partial charge is 0.215 e. The molecule has 0 bridgehead atoms. The summed E-state index contributed by atoms with van der Waals surface area (Å²) in [4.78, 5) is 0. The van der Waals surface area contributed by atoms with Crippen molar-refractivity contribution < 1.29 is 13.2 Å². The third kappa shape index (κ3) is 3.52. The van der Waals surface area contributed by atoms with Gasteiger partial charge in [-0.3, -0.25) is 0 Å². The van der Waals surface area contributed by atoms with Gasteiger partial charge in [0.15, 0.2) is 0 Å². The zero-order valence-electron chi connectivity index (χ0n) is 11.5. The summed E-state index contributed by atoms with van der Waals surface area (Å²) >= 11 is 6.04. The molecule has 1 aromatic carbocycles. The molecule has 0 aliphatic carbocycles. The SMILES string of the molecule is CC(CCl)(NS(=O)(=O)C1CCOCC1)c1ccccc1. The number of benzene rings is 1. The van der Waals surface area contributed by atoms with Crippen LogP contribution in [0.4, 0.5) is 0 Å². The summed E-state index contributed by atoms with van der Waals surface area (Å²) in [5, 5.41) is -0.400. The Labute approximate surface area is 125 Å². The number of sulfonamides is 1. The molecule has 112 valence electrons. The molecule has 0 spiro atoms. The van der Waals surface area contributed by atoms with Crippen LogP contribution in [0.1, 0.15) is 25.3 Å². The highest BCUT2D eigenvalue weighted by molar-refractivity contribution is 7.90. The largest absolute Gasteiger partial charge is 0.381 e. The lowest BCUT2D eigenvalue weighted by Crippen LogP contribution is -2.49. The molecule has 1 atom stereocenters. The highest BCUT2D eigenvalue weighted by Gasteiger charge is 2.36. The van der Waals surface area contributed by atoms with Crippen molar-refractivity contribution in [1.82, 2.24) is 4.72 Å². The molecule has 6 heteroatoms. The molecule has 1 fully saturated rings. The van der Waals surface area contributed by atoms with Crippen molar-refractivity contribution in [2.24, 2.45) is 0 Å². The van der Waals surface area contributed by atoms with E-state index in [-0.39, 0.29) is 5.88 Å². The topological polar surface area (TPSA) is 55.4 Å². The Morgan fingerprint density at radius 3 is 2.45 bits per heavy atom. The van der Waals surface area contributed by atoms with E-state index >= 15 is 0 Å². The first kappa shape index (κ1) is 15.8. The van der Waals surface area contributed by atoms with Crippen molar-refractivity contribution in [2.45, 2.75) is 30.6 Å². The van der Waals surface area contributed by atoms with Crippen LogP contribution in [-0.4, -0.2) is 32.8 Å². The molecule has 1 N–H and O–H groups in total. The normalized spacial score (nSPS) is 20.5. The average Bonchev–Trinajstić information content (AvgIpc) is 2.48. The number of alkyl halides is 1. The fourth-order valence-electron chi connectivity index (χ4n) is 2.35. The van der Waals surface area contributed by atoms with Crippen LogP contribution >= 0.6 is 11.6 Å². The molecule has 2 rings (SSSR count). The lowest BCUT2D eigenvalue weighted by Gasteiger charge is -2.32. The zero-order valence-corrected chi connectivity index (χ0v) is 13.1. The van der Waals surface area contributed by atoms with Gasteiger partial charge in [0.2, 0.25) is 10.0 Å². The summed E-state index contributed by atoms with van der Waals surface area (Å²) in [6.45, 7) is 2.80. The van der Waals surface area contributed by atoms with E-state index in [0.29, 0.717) is 26.1 Å². The Hall–Kier alpha value is -0.620. The van der Waals surface area contributed by atoms with E-state index in [0.717, 1.165) is 5.56 Å². The Morgan fingerprint density at radius 2 is 1.90 bits per heavy atom. The molecule has 1 saturated heterocycles. The van der Waals surface area contributed by atoms with E-state index in [1.807, 2.05) is 37.3 Å². The van der Waals surface area contributed by atoms with Crippen molar-refractivity contribution >= 4 is 21.6 Å². The number of hydrogen-bond donors (Lipinski definition) is 1. The fraction of sp³-hybridized carbons (Fsp3) is 0.571. The minimum absolute atomic E-state index is 0.180. The van der Waals surface area contributed by atoms with Gasteiger partial charge in [0.25, 0.3) is 0 Å². The fourth-order valence-corrected chi connectivity index (χ4v) is 4.45. The average molecular weight is 318 g/mol. The Morgan fingerprint density at radius 1 is 1.30 bits per heavy atom. The maximum absolute atomic E-state index is 12.5. The highest BCUT2D eigenvalue weighted by atomic mass is 35.5. The van der Waals surface area contributed by atoms with E-state index in [9.17, 15) is 8.42 Å². The molecule has 20 heavy (non-hydrogen) atoms. The second kappa shape index (κ2) is 6.43. The maximum Gasteiger partial charge on any atom is 0.215 e. The van der Waals surface area contributed by atoms with E-state index in [4.69, 9.17) is 16.3 Å². The summed E-state index contributed by atoms with van der Waals surface area (Å²) in [5.74, 6) is 0.180. The minimum atomic E-state index is -3.42. The number of rotatable bonds is 5. The lowest BCUT2D eigenvalue weighted by atomic mass is 9.96. The van der Waals surface area contributed by atoms with Gasteiger partial charge in [0, 0.05) is 19.1 Å². The van der Waals surface area contributed by atoms with Gasteiger partial charge in [-0.25, -0.2) is 13.1 Å².